The molecule has 4 rings (SSSR count). The summed E-state index contributed by atoms with van der Waals surface area (Å²) in [6.07, 6.45) is 1.77. The van der Waals surface area contributed by atoms with E-state index >= 15 is 0 Å². The Morgan fingerprint density at radius 2 is 1.35 bits per heavy atom. The van der Waals surface area contributed by atoms with Gasteiger partial charge < -0.3 is 19.3 Å². The van der Waals surface area contributed by atoms with Crippen LogP contribution in [0.5, 0.6) is 11.5 Å². The van der Waals surface area contributed by atoms with Gasteiger partial charge in [0.2, 0.25) is 0 Å². The van der Waals surface area contributed by atoms with Crippen LogP contribution in [0, 0.1) is 0 Å². The van der Waals surface area contributed by atoms with Gasteiger partial charge in [-0.2, -0.15) is 0 Å². The van der Waals surface area contributed by atoms with E-state index in [4.69, 9.17) is 9.47 Å². The Kier molecular flexibility index (Phi) is 4.45. The number of urea groups is 1. The zero-order chi connectivity index (χ0) is 18.1. The summed E-state index contributed by atoms with van der Waals surface area (Å²) in [5, 5.41) is 0. The number of hydrogen-bond donors (Lipinski definition) is 0. The molecule has 0 radical (unpaired) electrons. The molecule has 5 heteroatoms. The predicted molar refractivity (Wildman–Crippen MR) is 99.6 cm³/mol. The molecule has 2 heterocycles. The highest BCUT2D eigenvalue weighted by molar-refractivity contribution is 5.75. The van der Waals surface area contributed by atoms with Crippen molar-refractivity contribution in [1.29, 1.82) is 0 Å². The quantitative estimate of drug-likeness (QED) is 0.833. The lowest BCUT2D eigenvalue weighted by molar-refractivity contribution is 0.142. The van der Waals surface area contributed by atoms with Gasteiger partial charge in [-0.25, -0.2) is 4.79 Å². The molecule has 2 aromatic rings. The first-order valence-electron chi connectivity index (χ1n) is 9.04. The van der Waals surface area contributed by atoms with Gasteiger partial charge in [-0.05, 0) is 47.2 Å². The Labute approximate surface area is 154 Å². The van der Waals surface area contributed by atoms with Gasteiger partial charge in [0.15, 0.2) is 11.5 Å². The molecule has 2 aromatic carbocycles. The Morgan fingerprint density at radius 3 is 2.00 bits per heavy atom. The molecule has 0 fully saturated rings. The molecular weight excluding hydrogens is 328 g/mol. The predicted octanol–water partition coefficient (Wildman–Crippen LogP) is 3.24. The number of carbonyl (C=O) groups is 1. The van der Waals surface area contributed by atoms with Gasteiger partial charge in [0.25, 0.3) is 0 Å². The molecule has 0 aromatic heterocycles. The van der Waals surface area contributed by atoms with Crippen molar-refractivity contribution in [2.75, 3.05) is 27.3 Å². The van der Waals surface area contributed by atoms with Gasteiger partial charge in [-0.15, -0.1) is 0 Å². The number of amides is 2. The molecule has 0 bridgehead atoms. The molecule has 0 saturated carbocycles. The van der Waals surface area contributed by atoms with Crippen LogP contribution in [-0.4, -0.2) is 43.1 Å². The Morgan fingerprint density at radius 1 is 0.808 bits per heavy atom. The van der Waals surface area contributed by atoms with Crippen LogP contribution in [0.2, 0.25) is 0 Å². The van der Waals surface area contributed by atoms with Crippen LogP contribution >= 0.6 is 0 Å². The SMILES string of the molecule is COc1cc2c(cc1OC)CN(C(=O)N1CCc3ccccc3C1)CC2. The average Bonchev–Trinajstić information content (AvgIpc) is 2.71. The molecule has 0 atom stereocenters. The maximum Gasteiger partial charge on any atom is 0.320 e. The van der Waals surface area contributed by atoms with Crippen molar-refractivity contribution in [3.05, 3.63) is 58.7 Å². The van der Waals surface area contributed by atoms with E-state index in [0.717, 1.165) is 37.2 Å². The summed E-state index contributed by atoms with van der Waals surface area (Å²) in [5.74, 6) is 1.46. The normalized spacial score (nSPS) is 15.9. The van der Waals surface area contributed by atoms with Crippen molar-refractivity contribution in [2.24, 2.45) is 0 Å². The summed E-state index contributed by atoms with van der Waals surface area (Å²) in [5.41, 5.74) is 4.99. The van der Waals surface area contributed by atoms with Crippen LogP contribution in [0.1, 0.15) is 22.3 Å². The van der Waals surface area contributed by atoms with Gasteiger partial charge in [-0.3, -0.25) is 0 Å². The Bertz CT molecular complexity index is 834. The van der Waals surface area contributed by atoms with Crippen LogP contribution < -0.4 is 9.47 Å². The monoisotopic (exact) mass is 352 g/mol. The van der Waals surface area contributed by atoms with E-state index in [2.05, 4.69) is 18.2 Å². The van der Waals surface area contributed by atoms with Crippen molar-refractivity contribution in [2.45, 2.75) is 25.9 Å². The third-order valence-electron chi connectivity index (χ3n) is 5.39. The second-order valence-corrected chi connectivity index (χ2v) is 6.87. The molecule has 0 N–H and O–H groups in total. The molecule has 0 spiro atoms. The zero-order valence-electron chi connectivity index (χ0n) is 15.3. The molecule has 2 aliphatic heterocycles. The van der Waals surface area contributed by atoms with Crippen LogP contribution in [0.15, 0.2) is 36.4 Å². The zero-order valence-corrected chi connectivity index (χ0v) is 15.3. The van der Waals surface area contributed by atoms with Crippen LogP contribution in [0.4, 0.5) is 4.79 Å². The van der Waals surface area contributed by atoms with Crippen LogP contribution in [-0.2, 0) is 25.9 Å². The van der Waals surface area contributed by atoms with E-state index in [9.17, 15) is 4.79 Å². The van der Waals surface area contributed by atoms with E-state index in [-0.39, 0.29) is 6.03 Å². The first-order chi connectivity index (χ1) is 12.7. The summed E-state index contributed by atoms with van der Waals surface area (Å²) < 4.78 is 10.8. The highest BCUT2D eigenvalue weighted by Crippen LogP contribution is 2.33. The first-order valence-corrected chi connectivity index (χ1v) is 9.04. The maximum atomic E-state index is 13.0. The summed E-state index contributed by atoms with van der Waals surface area (Å²) in [7, 11) is 3.29. The standard InChI is InChI=1S/C21H24N2O3/c1-25-19-11-16-8-10-23(14-18(16)12-20(19)26-2)21(24)22-9-7-15-5-3-4-6-17(15)13-22/h3-6,11-12H,7-10,13-14H2,1-2H3. The van der Waals surface area contributed by atoms with E-state index in [1.165, 1.54) is 16.7 Å². The second-order valence-electron chi connectivity index (χ2n) is 6.87. The van der Waals surface area contributed by atoms with Crippen molar-refractivity contribution >= 4 is 6.03 Å². The van der Waals surface area contributed by atoms with E-state index < -0.39 is 0 Å². The lowest BCUT2D eigenvalue weighted by Gasteiger charge is -2.36. The lowest BCUT2D eigenvalue weighted by Crippen LogP contribution is -2.47. The summed E-state index contributed by atoms with van der Waals surface area (Å²) in [6, 6.07) is 12.6. The van der Waals surface area contributed by atoms with Crippen molar-refractivity contribution < 1.29 is 14.3 Å². The fourth-order valence-electron chi connectivity index (χ4n) is 3.91. The van der Waals surface area contributed by atoms with Crippen molar-refractivity contribution in [3.63, 3.8) is 0 Å². The number of ether oxygens (including phenoxy) is 2. The third-order valence-corrected chi connectivity index (χ3v) is 5.39. The number of hydrogen-bond acceptors (Lipinski definition) is 3. The highest BCUT2D eigenvalue weighted by atomic mass is 16.5. The van der Waals surface area contributed by atoms with Gasteiger partial charge >= 0.3 is 6.03 Å². The van der Waals surface area contributed by atoms with E-state index in [1.807, 2.05) is 28.0 Å². The molecule has 0 aliphatic carbocycles. The second kappa shape index (κ2) is 6.90. The topological polar surface area (TPSA) is 42.0 Å². The molecule has 0 unspecified atom stereocenters. The van der Waals surface area contributed by atoms with Crippen LogP contribution in [0.3, 0.4) is 0 Å². The lowest BCUT2D eigenvalue weighted by atomic mass is 9.98. The smallest absolute Gasteiger partial charge is 0.320 e. The fourth-order valence-corrected chi connectivity index (χ4v) is 3.91. The van der Waals surface area contributed by atoms with Crippen LogP contribution in [0.25, 0.3) is 0 Å². The highest BCUT2D eigenvalue weighted by Gasteiger charge is 2.28. The first kappa shape index (κ1) is 16.8. The molecular formula is C21H24N2O3. The molecule has 5 nitrogen and oxygen atoms in total. The molecule has 136 valence electrons. The number of rotatable bonds is 2. The minimum Gasteiger partial charge on any atom is -0.493 e. The summed E-state index contributed by atoms with van der Waals surface area (Å²) in [4.78, 5) is 17.0. The minimum absolute atomic E-state index is 0.125. The molecule has 0 saturated heterocycles. The molecule has 2 amide bonds. The van der Waals surface area contributed by atoms with Gasteiger partial charge in [0.05, 0.1) is 14.2 Å². The largest absolute Gasteiger partial charge is 0.493 e. The average molecular weight is 352 g/mol. The summed E-state index contributed by atoms with van der Waals surface area (Å²) in [6.45, 7) is 2.83. The number of carbonyl (C=O) groups excluding carboxylic acids is 1. The van der Waals surface area contributed by atoms with Gasteiger partial charge in [0, 0.05) is 26.2 Å². The van der Waals surface area contributed by atoms with E-state index in [1.54, 1.807) is 14.2 Å². The number of fused-ring (bicyclic) bond motifs is 2. The third kappa shape index (κ3) is 2.98. The molecule has 2 aliphatic rings. The number of methoxy groups -OCH3 is 2. The maximum absolute atomic E-state index is 13.0. The summed E-state index contributed by atoms with van der Waals surface area (Å²) >= 11 is 0. The molecule has 26 heavy (non-hydrogen) atoms. The van der Waals surface area contributed by atoms with Gasteiger partial charge in [0.1, 0.15) is 0 Å². The number of benzene rings is 2. The Balaban J connectivity index is 1.51. The minimum atomic E-state index is 0.125. The van der Waals surface area contributed by atoms with Crippen molar-refractivity contribution in [1.82, 2.24) is 9.80 Å². The van der Waals surface area contributed by atoms with Crippen molar-refractivity contribution in [3.8, 4) is 11.5 Å². The fraction of sp³-hybridized carbons (Fsp3) is 0.381. The Hall–Kier alpha value is -2.69. The van der Waals surface area contributed by atoms with E-state index in [0.29, 0.717) is 18.8 Å². The van der Waals surface area contributed by atoms with Gasteiger partial charge in [-0.1, -0.05) is 24.3 Å². The number of nitrogens with zero attached hydrogens (tertiary/aromatic N) is 2.